The molecule has 1 amide bonds. The van der Waals surface area contributed by atoms with Crippen molar-refractivity contribution in [1.82, 2.24) is 4.90 Å². The van der Waals surface area contributed by atoms with Crippen LogP contribution in [-0.4, -0.2) is 37.3 Å². The van der Waals surface area contributed by atoms with E-state index in [2.05, 4.69) is 0 Å². The number of aryl methyl sites for hydroxylation is 1. The van der Waals surface area contributed by atoms with Crippen LogP contribution in [0.3, 0.4) is 0 Å². The van der Waals surface area contributed by atoms with Gasteiger partial charge >= 0.3 is 0 Å². The van der Waals surface area contributed by atoms with Gasteiger partial charge in [0, 0.05) is 26.9 Å². The fourth-order valence-corrected chi connectivity index (χ4v) is 1.71. The second-order valence-corrected chi connectivity index (χ2v) is 5.09. The second kappa shape index (κ2) is 8.35. The van der Waals surface area contributed by atoms with Gasteiger partial charge in [-0.05, 0) is 37.5 Å². The number of carbonyl (C=O) groups is 2. The molecule has 0 aliphatic carbocycles. The lowest BCUT2D eigenvalue weighted by Gasteiger charge is -2.10. The normalized spacial score (nSPS) is 10.2. The monoisotopic (exact) mass is 277 g/mol. The van der Waals surface area contributed by atoms with Gasteiger partial charge in [-0.15, -0.1) is 0 Å². The fourth-order valence-electron chi connectivity index (χ4n) is 1.71. The van der Waals surface area contributed by atoms with E-state index >= 15 is 0 Å². The molecule has 0 radical (unpaired) electrons. The van der Waals surface area contributed by atoms with Crippen LogP contribution in [-0.2, 0) is 16.0 Å². The van der Waals surface area contributed by atoms with E-state index in [9.17, 15) is 9.59 Å². The number of ether oxygens (including phenoxy) is 1. The molecule has 0 heterocycles. The van der Waals surface area contributed by atoms with Crippen LogP contribution in [0.2, 0.25) is 0 Å². The Morgan fingerprint density at radius 3 is 2.30 bits per heavy atom. The highest BCUT2D eigenvalue weighted by Gasteiger charge is 2.03. The minimum atomic E-state index is 0.119. The molecule has 4 nitrogen and oxygen atoms in total. The van der Waals surface area contributed by atoms with Crippen LogP contribution < -0.4 is 4.74 Å². The van der Waals surface area contributed by atoms with Gasteiger partial charge in [0.25, 0.3) is 0 Å². The standard InChI is InChI=1S/C16H23NO3/c1-13(18)6-7-14-8-10-15(11-9-14)20-12-4-5-16(19)17(2)3/h8-11H,4-7,12H2,1-3H3. The van der Waals surface area contributed by atoms with Crippen molar-refractivity contribution in [2.24, 2.45) is 0 Å². The summed E-state index contributed by atoms with van der Waals surface area (Å²) in [6.45, 7) is 2.14. The van der Waals surface area contributed by atoms with Crippen molar-refractivity contribution in [1.29, 1.82) is 0 Å². The second-order valence-electron chi connectivity index (χ2n) is 5.09. The van der Waals surface area contributed by atoms with E-state index in [1.807, 2.05) is 24.3 Å². The number of Topliss-reactive ketones (excluding diaryl/α,β-unsaturated/α-hetero) is 1. The zero-order valence-electron chi connectivity index (χ0n) is 12.5. The molecular formula is C16H23NO3. The Morgan fingerprint density at radius 2 is 1.75 bits per heavy atom. The van der Waals surface area contributed by atoms with Crippen molar-refractivity contribution in [3.05, 3.63) is 29.8 Å². The van der Waals surface area contributed by atoms with Gasteiger partial charge in [0.05, 0.1) is 6.61 Å². The van der Waals surface area contributed by atoms with Crippen LogP contribution in [0.5, 0.6) is 5.75 Å². The van der Waals surface area contributed by atoms with Crippen LogP contribution in [0.4, 0.5) is 0 Å². The maximum atomic E-state index is 11.4. The van der Waals surface area contributed by atoms with Gasteiger partial charge in [0.1, 0.15) is 11.5 Å². The molecule has 0 aliphatic heterocycles. The third kappa shape index (κ3) is 6.36. The minimum absolute atomic E-state index is 0.119. The molecule has 1 aromatic carbocycles. The third-order valence-electron chi connectivity index (χ3n) is 2.99. The summed E-state index contributed by atoms with van der Waals surface area (Å²) in [6, 6.07) is 7.76. The molecule has 1 aromatic rings. The highest BCUT2D eigenvalue weighted by Crippen LogP contribution is 2.14. The van der Waals surface area contributed by atoms with Crippen LogP contribution >= 0.6 is 0 Å². The Hall–Kier alpha value is -1.84. The van der Waals surface area contributed by atoms with Crippen molar-refractivity contribution in [2.45, 2.75) is 32.6 Å². The Morgan fingerprint density at radius 1 is 1.10 bits per heavy atom. The maximum Gasteiger partial charge on any atom is 0.222 e. The first kappa shape index (κ1) is 16.2. The molecule has 0 spiro atoms. The summed E-state index contributed by atoms with van der Waals surface area (Å²) in [5.74, 6) is 1.12. The molecule has 0 saturated heterocycles. The van der Waals surface area contributed by atoms with Gasteiger partial charge in [-0.3, -0.25) is 4.79 Å². The third-order valence-corrected chi connectivity index (χ3v) is 2.99. The summed E-state index contributed by atoms with van der Waals surface area (Å²) in [7, 11) is 3.51. The first-order valence-corrected chi connectivity index (χ1v) is 6.90. The number of benzene rings is 1. The van der Waals surface area contributed by atoms with Gasteiger partial charge in [-0.25, -0.2) is 0 Å². The molecule has 0 aromatic heterocycles. The number of rotatable bonds is 8. The molecule has 0 N–H and O–H groups in total. The van der Waals surface area contributed by atoms with Gasteiger partial charge in [-0.2, -0.15) is 0 Å². The van der Waals surface area contributed by atoms with Gasteiger partial charge in [0.2, 0.25) is 5.91 Å². The summed E-state index contributed by atoms with van der Waals surface area (Å²) in [5.41, 5.74) is 1.13. The number of carbonyl (C=O) groups excluding carboxylic acids is 2. The first-order chi connectivity index (χ1) is 9.49. The average molecular weight is 277 g/mol. The molecular weight excluding hydrogens is 254 g/mol. The number of hydrogen-bond donors (Lipinski definition) is 0. The van der Waals surface area contributed by atoms with Crippen molar-refractivity contribution in [2.75, 3.05) is 20.7 Å². The van der Waals surface area contributed by atoms with Crippen LogP contribution in [0.25, 0.3) is 0 Å². The summed E-state index contributed by atoms with van der Waals surface area (Å²) in [5, 5.41) is 0. The smallest absolute Gasteiger partial charge is 0.222 e. The fraction of sp³-hybridized carbons (Fsp3) is 0.500. The van der Waals surface area contributed by atoms with Crippen LogP contribution in [0.15, 0.2) is 24.3 Å². The van der Waals surface area contributed by atoms with E-state index in [0.717, 1.165) is 17.7 Å². The molecule has 0 bridgehead atoms. The molecule has 0 fully saturated rings. The molecule has 4 heteroatoms. The molecule has 0 aliphatic rings. The van der Waals surface area contributed by atoms with Crippen LogP contribution in [0.1, 0.15) is 31.7 Å². The zero-order chi connectivity index (χ0) is 15.0. The molecule has 0 saturated carbocycles. The number of nitrogens with zero attached hydrogens (tertiary/aromatic N) is 1. The topological polar surface area (TPSA) is 46.6 Å². The van der Waals surface area contributed by atoms with Crippen molar-refractivity contribution in [3.63, 3.8) is 0 Å². The largest absolute Gasteiger partial charge is 0.494 e. The van der Waals surface area contributed by atoms with Gasteiger partial charge in [0.15, 0.2) is 0 Å². The molecule has 110 valence electrons. The van der Waals surface area contributed by atoms with Gasteiger partial charge < -0.3 is 14.4 Å². The molecule has 0 unspecified atom stereocenters. The Bertz CT molecular complexity index is 438. The predicted molar refractivity (Wildman–Crippen MR) is 78.9 cm³/mol. The minimum Gasteiger partial charge on any atom is -0.494 e. The van der Waals surface area contributed by atoms with Crippen molar-refractivity contribution >= 4 is 11.7 Å². The molecule has 1 rings (SSSR count). The van der Waals surface area contributed by atoms with Gasteiger partial charge in [-0.1, -0.05) is 12.1 Å². The lowest BCUT2D eigenvalue weighted by Crippen LogP contribution is -2.21. The van der Waals surface area contributed by atoms with Crippen LogP contribution in [0, 0.1) is 0 Å². The Kier molecular flexibility index (Phi) is 6.77. The first-order valence-electron chi connectivity index (χ1n) is 6.90. The maximum absolute atomic E-state index is 11.4. The highest BCUT2D eigenvalue weighted by atomic mass is 16.5. The molecule has 0 atom stereocenters. The van der Waals surface area contributed by atoms with E-state index in [4.69, 9.17) is 4.74 Å². The summed E-state index contributed by atoms with van der Waals surface area (Å²) >= 11 is 0. The number of amides is 1. The van der Waals surface area contributed by atoms with Crippen molar-refractivity contribution < 1.29 is 14.3 Å². The summed E-state index contributed by atoms with van der Waals surface area (Å²) in [6.07, 6.45) is 2.56. The van der Waals surface area contributed by atoms with Crippen molar-refractivity contribution in [3.8, 4) is 5.75 Å². The SMILES string of the molecule is CC(=O)CCc1ccc(OCCCC(=O)N(C)C)cc1. The van der Waals surface area contributed by atoms with E-state index in [1.54, 1.807) is 25.9 Å². The quantitative estimate of drug-likeness (QED) is 0.686. The lowest BCUT2D eigenvalue weighted by molar-refractivity contribution is -0.128. The zero-order valence-corrected chi connectivity index (χ0v) is 12.5. The lowest BCUT2D eigenvalue weighted by atomic mass is 10.1. The van der Waals surface area contributed by atoms with E-state index < -0.39 is 0 Å². The summed E-state index contributed by atoms with van der Waals surface area (Å²) in [4.78, 5) is 23.9. The molecule has 20 heavy (non-hydrogen) atoms. The van der Waals surface area contributed by atoms with E-state index in [0.29, 0.717) is 25.9 Å². The highest BCUT2D eigenvalue weighted by molar-refractivity contribution is 5.75. The number of hydrogen-bond acceptors (Lipinski definition) is 3. The van der Waals surface area contributed by atoms with E-state index in [-0.39, 0.29) is 11.7 Å². The average Bonchev–Trinajstić information content (AvgIpc) is 2.42. The van der Waals surface area contributed by atoms with E-state index in [1.165, 1.54) is 0 Å². The Labute approximate surface area is 120 Å². The number of ketones is 1. The predicted octanol–water partition coefficient (Wildman–Crippen LogP) is 2.46. The Balaban J connectivity index is 2.28. The summed E-state index contributed by atoms with van der Waals surface area (Å²) < 4.78 is 5.58.